The fraction of sp³-hybridized carbons (Fsp3) is 0.889. The number of hydrogen-bond acceptors (Lipinski definition) is 2. The zero-order valence-electron chi connectivity index (χ0n) is 7.84. The Hall–Kier alpha value is -0.570. The van der Waals surface area contributed by atoms with Crippen molar-refractivity contribution in [3.63, 3.8) is 0 Å². The van der Waals surface area contributed by atoms with Gasteiger partial charge < -0.3 is 11.1 Å². The molecule has 3 nitrogen and oxygen atoms in total. The zero-order chi connectivity index (χ0) is 9.14. The highest BCUT2D eigenvalue weighted by Crippen LogP contribution is 2.18. The first-order chi connectivity index (χ1) is 5.59. The third-order valence-corrected chi connectivity index (χ3v) is 2.22. The lowest BCUT2D eigenvalue weighted by Gasteiger charge is -2.14. The van der Waals surface area contributed by atoms with Crippen molar-refractivity contribution in [1.29, 1.82) is 0 Å². The van der Waals surface area contributed by atoms with Gasteiger partial charge in [0.2, 0.25) is 5.91 Å². The van der Waals surface area contributed by atoms with Gasteiger partial charge in [-0.25, -0.2) is 0 Å². The van der Waals surface area contributed by atoms with E-state index in [1.54, 1.807) is 0 Å². The number of amides is 1. The Morgan fingerprint density at radius 2 is 2.17 bits per heavy atom. The van der Waals surface area contributed by atoms with Crippen LogP contribution in [0.2, 0.25) is 0 Å². The molecule has 70 valence electrons. The van der Waals surface area contributed by atoms with Crippen LogP contribution in [0.25, 0.3) is 0 Å². The standard InChI is InChI=1S/C9H18N2O/c1-6(2)8(10)5-9(12)11-7-3-4-7/h6-8H,3-5,10H2,1-2H3,(H,11,12). The molecule has 0 aliphatic heterocycles. The van der Waals surface area contributed by atoms with Gasteiger partial charge in [-0.3, -0.25) is 4.79 Å². The van der Waals surface area contributed by atoms with Crippen molar-refractivity contribution < 1.29 is 4.79 Å². The molecule has 12 heavy (non-hydrogen) atoms. The fourth-order valence-corrected chi connectivity index (χ4v) is 0.964. The number of carbonyl (C=O) groups excluding carboxylic acids is 1. The third-order valence-electron chi connectivity index (χ3n) is 2.22. The second-order valence-electron chi connectivity index (χ2n) is 3.95. The summed E-state index contributed by atoms with van der Waals surface area (Å²) in [5.74, 6) is 0.494. The van der Waals surface area contributed by atoms with E-state index in [-0.39, 0.29) is 11.9 Å². The van der Waals surface area contributed by atoms with Crippen molar-refractivity contribution in [3.8, 4) is 0 Å². The second-order valence-corrected chi connectivity index (χ2v) is 3.95. The number of nitrogens with two attached hydrogens (primary N) is 1. The summed E-state index contributed by atoms with van der Waals surface area (Å²) in [5, 5.41) is 2.92. The van der Waals surface area contributed by atoms with Gasteiger partial charge in [0.25, 0.3) is 0 Å². The zero-order valence-corrected chi connectivity index (χ0v) is 7.84. The minimum Gasteiger partial charge on any atom is -0.353 e. The van der Waals surface area contributed by atoms with Crippen LogP contribution >= 0.6 is 0 Å². The molecule has 0 heterocycles. The molecule has 0 aromatic carbocycles. The van der Waals surface area contributed by atoms with E-state index in [1.165, 1.54) is 0 Å². The lowest BCUT2D eigenvalue weighted by molar-refractivity contribution is -0.121. The number of nitrogens with one attached hydrogen (secondary N) is 1. The van der Waals surface area contributed by atoms with Crippen molar-refractivity contribution in [2.24, 2.45) is 11.7 Å². The maximum atomic E-state index is 11.2. The highest BCUT2D eigenvalue weighted by Gasteiger charge is 2.24. The van der Waals surface area contributed by atoms with Crippen molar-refractivity contribution in [3.05, 3.63) is 0 Å². The van der Waals surface area contributed by atoms with E-state index in [2.05, 4.69) is 5.32 Å². The van der Waals surface area contributed by atoms with E-state index in [0.29, 0.717) is 18.4 Å². The van der Waals surface area contributed by atoms with Crippen molar-refractivity contribution >= 4 is 5.91 Å². The molecule has 0 aromatic rings. The molecule has 1 unspecified atom stereocenters. The average Bonchev–Trinajstić information content (AvgIpc) is 2.71. The highest BCUT2D eigenvalue weighted by atomic mass is 16.1. The molecule has 0 spiro atoms. The van der Waals surface area contributed by atoms with Crippen LogP contribution in [0.15, 0.2) is 0 Å². The first-order valence-electron chi connectivity index (χ1n) is 4.64. The molecule has 1 amide bonds. The third kappa shape index (κ3) is 3.22. The lowest BCUT2D eigenvalue weighted by atomic mass is 10.0. The van der Waals surface area contributed by atoms with Gasteiger partial charge in [-0.15, -0.1) is 0 Å². The summed E-state index contributed by atoms with van der Waals surface area (Å²) in [7, 11) is 0. The lowest BCUT2D eigenvalue weighted by Crippen LogP contribution is -2.35. The molecule has 3 N–H and O–H groups in total. The Kier molecular flexibility index (Phi) is 3.09. The van der Waals surface area contributed by atoms with Crippen molar-refractivity contribution in [2.75, 3.05) is 0 Å². The van der Waals surface area contributed by atoms with E-state index in [9.17, 15) is 4.79 Å². The van der Waals surface area contributed by atoms with Gasteiger partial charge in [-0.05, 0) is 18.8 Å². The molecular weight excluding hydrogens is 152 g/mol. The van der Waals surface area contributed by atoms with Crippen LogP contribution in [-0.4, -0.2) is 18.0 Å². The van der Waals surface area contributed by atoms with Crippen LogP contribution in [0, 0.1) is 5.92 Å². The topological polar surface area (TPSA) is 55.1 Å². The molecular formula is C9H18N2O. The summed E-state index contributed by atoms with van der Waals surface area (Å²) in [6, 6.07) is 0.459. The summed E-state index contributed by atoms with van der Waals surface area (Å²) in [5.41, 5.74) is 5.75. The van der Waals surface area contributed by atoms with Gasteiger partial charge in [-0.1, -0.05) is 13.8 Å². The Balaban J connectivity index is 2.15. The van der Waals surface area contributed by atoms with Crippen LogP contribution in [0.1, 0.15) is 33.1 Å². The van der Waals surface area contributed by atoms with E-state index in [1.807, 2.05) is 13.8 Å². The first-order valence-corrected chi connectivity index (χ1v) is 4.64. The molecule has 0 radical (unpaired) electrons. The Morgan fingerprint density at radius 1 is 1.58 bits per heavy atom. The van der Waals surface area contributed by atoms with Crippen molar-refractivity contribution in [2.45, 2.75) is 45.2 Å². The Labute approximate surface area is 73.7 Å². The van der Waals surface area contributed by atoms with E-state index in [0.717, 1.165) is 12.8 Å². The molecule has 0 saturated heterocycles. The van der Waals surface area contributed by atoms with Crippen LogP contribution in [0.3, 0.4) is 0 Å². The van der Waals surface area contributed by atoms with Gasteiger partial charge in [0.1, 0.15) is 0 Å². The Bertz CT molecular complexity index is 164. The maximum absolute atomic E-state index is 11.2. The van der Waals surface area contributed by atoms with E-state index in [4.69, 9.17) is 5.73 Å². The summed E-state index contributed by atoms with van der Waals surface area (Å²) < 4.78 is 0. The van der Waals surface area contributed by atoms with Crippen LogP contribution in [-0.2, 0) is 4.79 Å². The number of rotatable bonds is 4. The van der Waals surface area contributed by atoms with Crippen LogP contribution in [0.5, 0.6) is 0 Å². The molecule has 0 bridgehead atoms. The minimum atomic E-state index is 0.00347. The van der Waals surface area contributed by atoms with Gasteiger partial charge >= 0.3 is 0 Å². The average molecular weight is 170 g/mol. The largest absolute Gasteiger partial charge is 0.353 e. The minimum absolute atomic E-state index is 0.00347. The number of carbonyl (C=O) groups is 1. The predicted octanol–water partition coefficient (Wildman–Crippen LogP) is 0.638. The second kappa shape index (κ2) is 3.90. The van der Waals surface area contributed by atoms with Gasteiger partial charge in [-0.2, -0.15) is 0 Å². The highest BCUT2D eigenvalue weighted by molar-refractivity contribution is 5.77. The quantitative estimate of drug-likeness (QED) is 0.650. The normalized spacial score (nSPS) is 19.3. The predicted molar refractivity (Wildman–Crippen MR) is 48.6 cm³/mol. The van der Waals surface area contributed by atoms with Gasteiger partial charge in [0.15, 0.2) is 0 Å². The van der Waals surface area contributed by atoms with Crippen molar-refractivity contribution in [1.82, 2.24) is 5.32 Å². The molecule has 1 rings (SSSR count). The van der Waals surface area contributed by atoms with Crippen LogP contribution in [0.4, 0.5) is 0 Å². The summed E-state index contributed by atoms with van der Waals surface area (Å²) in [4.78, 5) is 11.2. The van der Waals surface area contributed by atoms with E-state index < -0.39 is 0 Å². The molecule has 3 heteroatoms. The fourth-order valence-electron chi connectivity index (χ4n) is 0.964. The molecule has 0 aromatic heterocycles. The molecule has 1 aliphatic carbocycles. The molecule has 1 saturated carbocycles. The summed E-state index contributed by atoms with van der Waals surface area (Å²) >= 11 is 0. The van der Waals surface area contributed by atoms with Crippen LogP contribution < -0.4 is 11.1 Å². The van der Waals surface area contributed by atoms with E-state index >= 15 is 0 Å². The molecule has 1 atom stereocenters. The molecule has 1 aliphatic rings. The van der Waals surface area contributed by atoms with Gasteiger partial charge in [0, 0.05) is 18.5 Å². The first kappa shape index (κ1) is 9.52. The molecule has 1 fully saturated rings. The Morgan fingerprint density at radius 3 is 2.58 bits per heavy atom. The monoisotopic (exact) mass is 170 g/mol. The number of hydrogen-bond donors (Lipinski definition) is 2. The smallest absolute Gasteiger partial charge is 0.221 e. The SMILES string of the molecule is CC(C)C(N)CC(=O)NC1CC1. The summed E-state index contributed by atoms with van der Waals surface area (Å²) in [6.07, 6.45) is 2.75. The summed E-state index contributed by atoms with van der Waals surface area (Å²) in [6.45, 7) is 4.07. The maximum Gasteiger partial charge on any atom is 0.221 e. The van der Waals surface area contributed by atoms with Gasteiger partial charge in [0.05, 0.1) is 0 Å².